The molecule has 0 bridgehead atoms. The second kappa shape index (κ2) is 6.85. The summed E-state index contributed by atoms with van der Waals surface area (Å²) in [6.07, 6.45) is 0.694. The van der Waals surface area contributed by atoms with Gasteiger partial charge in [0.2, 0.25) is 0 Å². The molecule has 1 unspecified atom stereocenters. The van der Waals surface area contributed by atoms with Crippen LogP contribution >= 0.6 is 11.6 Å². The van der Waals surface area contributed by atoms with E-state index < -0.39 is 17.5 Å². The number of aliphatic hydroxyl groups excluding tert-OH is 1. The van der Waals surface area contributed by atoms with Crippen LogP contribution in [0.2, 0.25) is 5.02 Å². The van der Waals surface area contributed by atoms with E-state index in [-0.39, 0.29) is 6.42 Å². The van der Waals surface area contributed by atoms with E-state index >= 15 is 0 Å². The Hall–Kier alpha value is -0.680. The minimum absolute atomic E-state index is 0.211. The maximum Gasteiger partial charge on any atom is 0.127 e. The van der Waals surface area contributed by atoms with Crippen LogP contribution < -0.4 is 0 Å². The Morgan fingerprint density at radius 1 is 1.45 bits per heavy atom. The second-order valence-corrected chi connectivity index (χ2v) is 5.50. The third kappa shape index (κ3) is 3.50. The Morgan fingerprint density at radius 3 is 2.75 bits per heavy atom. The lowest BCUT2D eigenvalue weighted by atomic mass is 9.84. The van der Waals surface area contributed by atoms with Crippen molar-refractivity contribution in [3.63, 3.8) is 0 Å². The molecule has 1 aromatic rings. The summed E-state index contributed by atoms with van der Waals surface area (Å²) in [4.78, 5) is 0. The molecule has 112 valence electrons. The van der Waals surface area contributed by atoms with Crippen molar-refractivity contribution in [2.24, 2.45) is 0 Å². The van der Waals surface area contributed by atoms with Gasteiger partial charge in [-0.2, -0.15) is 0 Å². The number of rotatable bonds is 5. The van der Waals surface area contributed by atoms with E-state index in [1.807, 2.05) is 6.92 Å². The molecule has 1 aromatic carbocycles. The van der Waals surface area contributed by atoms with Gasteiger partial charge < -0.3 is 14.6 Å². The molecule has 0 spiro atoms. The predicted octanol–water partition coefficient (Wildman–Crippen LogP) is 2.97. The molecule has 1 N–H and O–H groups in total. The SMILES string of the molecule is CCOC1(C(O)Cc2ccc(Cl)cc2F)CCOCC1. The van der Waals surface area contributed by atoms with Gasteiger partial charge in [0, 0.05) is 44.1 Å². The molecule has 1 heterocycles. The van der Waals surface area contributed by atoms with Crippen LogP contribution in [0.25, 0.3) is 0 Å². The van der Waals surface area contributed by atoms with Crippen LogP contribution in [-0.2, 0) is 15.9 Å². The molecule has 2 rings (SSSR count). The standard InChI is InChI=1S/C15H20ClFO3/c1-2-20-15(5-7-19-8-6-15)14(18)9-11-3-4-12(16)10-13(11)17/h3-4,10,14,18H,2,5-9H2,1H3. The average molecular weight is 303 g/mol. The highest BCUT2D eigenvalue weighted by molar-refractivity contribution is 6.30. The minimum atomic E-state index is -0.762. The number of benzene rings is 1. The molecule has 0 aromatic heterocycles. The Balaban J connectivity index is 2.13. The highest BCUT2D eigenvalue weighted by Gasteiger charge is 2.40. The first-order valence-electron chi connectivity index (χ1n) is 6.91. The van der Waals surface area contributed by atoms with Gasteiger partial charge in [-0.15, -0.1) is 0 Å². The van der Waals surface area contributed by atoms with Gasteiger partial charge in [-0.05, 0) is 24.6 Å². The van der Waals surface area contributed by atoms with Crippen LogP contribution in [0.1, 0.15) is 25.3 Å². The van der Waals surface area contributed by atoms with Crippen molar-refractivity contribution >= 4 is 11.6 Å². The predicted molar refractivity (Wildman–Crippen MR) is 75.5 cm³/mol. The number of hydrogen-bond acceptors (Lipinski definition) is 3. The Labute approximate surface area is 123 Å². The van der Waals surface area contributed by atoms with E-state index in [0.29, 0.717) is 43.2 Å². The van der Waals surface area contributed by atoms with E-state index in [1.54, 1.807) is 12.1 Å². The quantitative estimate of drug-likeness (QED) is 0.909. The molecular weight excluding hydrogens is 283 g/mol. The maximum atomic E-state index is 13.8. The van der Waals surface area contributed by atoms with E-state index in [2.05, 4.69) is 0 Å². The summed E-state index contributed by atoms with van der Waals surface area (Å²) in [6.45, 7) is 3.52. The van der Waals surface area contributed by atoms with Crippen molar-refractivity contribution in [1.82, 2.24) is 0 Å². The molecule has 20 heavy (non-hydrogen) atoms. The van der Waals surface area contributed by atoms with Crippen molar-refractivity contribution in [3.8, 4) is 0 Å². The largest absolute Gasteiger partial charge is 0.390 e. The van der Waals surface area contributed by atoms with Gasteiger partial charge in [-0.1, -0.05) is 17.7 Å². The third-order valence-electron chi connectivity index (χ3n) is 3.81. The highest BCUT2D eigenvalue weighted by Crippen LogP contribution is 2.31. The molecule has 1 fully saturated rings. The normalized spacial score (nSPS) is 19.8. The maximum absolute atomic E-state index is 13.8. The molecule has 0 saturated carbocycles. The first-order valence-corrected chi connectivity index (χ1v) is 7.29. The summed E-state index contributed by atoms with van der Waals surface area (Å²) in [5, 5.41) is 10.9. The molecule has 0 radical (unpaired) electrons. The Kier molecular flexibility index (Phi) is 5.38. The number of ether oxygens (including phenoxy) is 2. The summed E-state index contributed by atoms with van der Waals surface area (Å²) in [7, 11) is 0. The zero-order valence-corrected chi connectivity index (χ0v) is 12.3. The fraction of sp³-hybridized carbons (Fsp3) is 0.600. The lowest BCUT2D eigenvalue weighted by Gasteiger charge is -2.40. The molecule has 3 nitrogen and oxygen atoms in total. The number of halogens is 2. The Morgan fingerprint density at radius 2 is 2.15 bits per heavy atom. The lowest BCUT2D eigenvalue weighted by molar-refractivity contribution is -0.165. The second-order valence-electron chi connectivity index (χ2n) is 5.07. The van der Waals surface area contributed by atoms with Crippen molar-refractivity contribution < 1.29 is 19.0 Å². The highest BCUT2D eigenvalue weighted by atomic mass is 35.5. The van der Waals surface area contributed by atoms with Crippen LogP contribution in [0, 0.1) is 5.82 Å². The average Bonchev–Trinajstić information content (AvgIpc) is 2.43. The van der Waals surface area contributed by atoms with Gasteiger partial charge in [0.15, 0.2) is 0 Å². The van der Waals surface area contributed by atoms with Gasteiger partial charge in [-0.25, -0.2) is 4.39 Å². The van der Waals surface area contributed by atoms with Crippen LogP contribution in [0.3, 0.4) is 0 Å². The third-order valence-corrected chi connectivity index (χ3v) is 4.04. The number of aliphatic hydroxyl groups is 1. The molecule has 0 aliphatic carbocycles. The van der Waals surface area contributed by atoms with Crippen LogP contribution in [0.4, 0.5) is 4.39 Å². The Bertz CT molecular complexity index is 441. The molecule has 1 atom stereocenters. The summed E-state index contributed by atoms with van der Waals surface area (Å²) >= 11 is 5.74. The lowest BCUT2D eigenvalue weighted by Crippen LogP contribution is -2.50. The van der Waals surface area contributed by atoms with Crippen LogP contribution in [0.5, 0.6) is 0 Å². The summed E-state index contributed by atoms with van der Waals surface area (Å²) < 4.78 is 24.9. The van der Waals surface area contributed by atoms with E-state index in [9.17, 15) is 9.50 Å². The zero-order valence-electron chi connectivity index (χ0n) is 11.6. The summed E-state index contributed by atoms with van der Waals surface area (Å²) in [6, 6.07) is 4.50. The van der Waals surface area contributed by atoms with Crippen molar-refractivity contribution in [2.75, 3.05) is 19.8 Å². The molecule has 1 aliphatic rings. The van der Waals surface area contributed by atoms with Crippen molar-refractivity contribution in [3.05, 3.63) is 34.6 Å². The smallest absolute Gasteiger partial charge is 0.127 e. The van der Waals surface area contributed by atoms with E-state index in [4.69, 9.17) is 21.1 Å². The topological polar surface area (TPSA) is 38.7 Å². The monoisotopic (exact) mass is 302 g/mol. The summed E-state index contributed by atoms with van der Waals surface area (Å²) in [5.74, 6) is -0.393. The number of hydrogen-bond donors (Lipinski definition) is 1. The van der Waals surface area contributed by atoms with Gasteiger partial charge in [0.05, 0.1) is 11.7 Å². The molecule has 1 aliphatic heterocycles. The minimum Gasteiger partial charge on any atom is -0.390 e. The zero-order chi connectivity index (χ0) is 14.6. The summed E-state index contributed by atoms with van der Waals surface area (Å²) in [5.41, 5.74) is -0.188. The van der Waals surface area contributed by atoms with E-state index in [1.165, 1.54) is 6.07 Å². The van der Waals surface area contributed by atoms with Crippen LogP contribution in [-0.4, -0.2) is 36.6 Å². The van der Waals surface area contributed by atoms with Crippen molar-refractivity contribution in [2.45, 2.75) is 37.9 Å². The first-order chi connectivity index (χ1) is 9.57. The molecular formula is C15H20ClFO3. The molecule has 1 saturated heterocycles. The van der Waals surface area contributed by atoms with Gasteiger partial charge in [0.25, 0.3) is 0 Å². The van der Waals surface area contributed by atoms with Crippen LogP contribution in [0.15, 0.2) is 18.2 Å². The van der Waals surface area contributed by atoms with Crippen molar-refractivity contribution in [1.29, 1.82) is 0 Å². The molecule has 5 heteroatoms. The fourth-order valence-corrected chi connectivity index (χ4v) is 2.82. The fourth-order valence-electron chi connectivity index (χ4n) is 2.66. The van der Waals surface area contributed by atoms with Gasteiger partial charge in [0.1, 0.15) is 5.82 Å². The first kappa shape index (κ1) is 15.7. The van der Waals surface area contributed by atoms with E-state index in [0.717, 1.165) is 0 Å². The van der Waals surface area contributed by atoms with Gasteiger partial charge >= 0.3 is 0 Å². The van der Waals surface area contributed by atoms with Gasteiger partial charge in [-0.3, -0.25) is 0 Å². The molecule has 0 amide bonds.